The molecule has 1 aliphatic rings. The molecular formula is C25H21BrN2O4S. The Morgan fingerprint density at radius 3 is 2.39 bits per heavy atom. The van der Waals surface area contributed by atoms with Crippen LogP contribution in [0, 0.1) is 20.8 Å². The zero-order chi connectivity index (χ0) is 23.7. The molecule has 0 radical (unpaired) electrons. The number of thioether (sulfide) groups is 1. The Kier molecular flexibility index (Phi) is 6.58. The summed E-state index contributed by atoms with van der Waals surface area (Å²) in [5.74, 6) is 0.160. The molecule has 1 saturated heterocycles. The monoisotopic (exact) mass is 524 g/mol. The van der Waals surface area contributed by atoms with Gasteiger partial charge in [-0.05, 0) is 67.9 Å². The lowest BCUT2D eigenvalue weighted by Gasteiger charge is -2.15. The summed E-state index contributed by atoms with van der Waals surface area (Å²) in [7, 11) is 0. The molecule has 1 aromatic heterocycles. The van der Waals surface area contributed by atoms with Crippen LogP contribution in [0.4, 0.5) is 10.5 Å². The summed E-state index contributed by atoms with van der Waals surface area (Å²) in [5.41, 5.74) is 4.54. The minimum absolute atomic E-state index is 0.215. The van der Waals surface area contributed by atoms with Gasteiger partial charge in [0.1, 0.15) is 18.1 Å². The topological polar surface area (TPSA) is 79.6 Å². The lowest BCUT2D eigenvalue weighted by Crippen LogP contribution is -2.36. The van der Waals surface area contributed by atoms with Gasteiger partial charge in [-0.1, -0.05) is 45.8 Å². The van der Waals surface area contributed by atoms with Gasteiger partial charge in [0.05, 0.1) is 4.91 Å². The predicted octanol–water partition coefficient (Wildman–Crippen LogP) is 6.31. The van der Waals surface area contributed by atoms with Gasteiger partial charge < -0.3 is 9.73 Å². The molecular weight excluding hydrogens is 504 g/mol. The number of imide groups is 1. The van der Waals surface area contributed by atoms with Crippen LogP contribution in [0.3, 0.4) is 0 Å². The number of nitrogens with zero attached hydrogens (tertiary/aromatic N) is 1. The van der Waals surface area contributed by atoms with Gasteiger partial charge in [-0.25, -0.2) is 0 Å². The Morgan fingerprint density at radius 2 is 1.73 bits per heavy atom. The summed E-state index contributed by atoms with van der Waals surface area (Å²) in [6.07, 6.45) is 1.53. The third kappa shape index (κ3) is 5.12. The van der Waals surface area contributed by atoms with Gasteiger partial charge in [-0.15, -0.1) is 0 Å². The van der Waals surface area contributed by atoms with Crippen molar-refractivity contribution in [2.75, 3.05) is 11.9 Å². The van der Waals surface area contributed by atoms with Crippen molar-refractivity contribution in [2.24, 2.45) is 0 Å². The van der Waals surface area contributed by atoms with E-state index >= 15 is 0 Å². The fourth-order valence-corrected chi connectivity index (χ4v) is 4.75. The Morgan fingerprint density at radius 1 is 1.06 bits per heavy atom. The number of carbonyl (C=O) groups is 3. The standard InChI is InChI=1S/C25H21BrN2O4S/c1-14-10-15(2)23(16(3)11-14)27-22(29)13-28-24(30)21(33-25(28)31)12-19-8-9-20(32-19)17-4-6-18(26)7-5-17/h4-12H,13H2,1-3H3,(H,27,29)/b21-12+. The number of furan rings is 1. The Bertz CT molecular complexity index is 1270. The minimum atomic E-state index is -0.515. The number of benzene rings is 2. The van der Waals surface area contributed by atoms with Crippen LogP contribution in [0.15, 0.2) is 62.3 Å². The molecule has 2 heterocycles. The molecule has 0 spiro atoms. The van der Waals surface area contributed by atoms with E-state index in [2.05, 4.69) is 21.2 Å². The van der Waals surface area contributed by atoms with Crippen molar-refractivity contribution >= 4 is 56.5 Å². The van der Waals surface area contributed by atoms with E-state index in [1.165, 1.54) is 6.08 Å². The number of aryl methyl sites for hydroxylation is 3. The molecule has 8 heteroatoms. The third-order valence-corrected chi connectivity index (χ3v) is 6.58. The second-order valence-electron chi connectivity index (χ2n) is 7.80. The maximum Gasteiger partial charge on any atom is 0.294 e. The molecule has 1 N–H and O–H groups in total. The first-order valence-electron chi connectivity index (χ1n) is 10.2. The van der Waals surface area contributed by atoms with Crippen LogP contribution in [-0.4, -0.2) is 28.5 Å². The molecule has 1 fully saturated rings. The van der Waals surface area contributed by atoms with Crippen molar-refractivity contribution in [1.29, 1.82) is 0 Å². The first-order valence-corrected chi connectivity index (χ1v) is 11.8. The van der Waals surface area contributed by atoms with Crippen LogP contribution in [0.25, 0.3) is 17.4 Å². The largest absolute Gasteiger partial charge is 0.457 e. The molecule has 1 aliphatic heterocycles. The summed E-state index contributed by atoms with van der Waals surface area (Å²) in [4.78, 5) is 39.0. The van der Waals surface area contributed by atoms with E-state index in [1.807, 2.05) is 57.2 Å². The number of rotatable bonds is 5. The molecule has 0 atom stereocenters. The molecule has 0 unspecified atom stereocenters. The van der Waals surface area contributed by atoms with Crippen molar-refractivity contribution < 1.29 is 18.8 Å². The fraction of sp³-hybridized carbons (Fsp3) is 0.160. The number of amides is 3. The van der Waals surface area contributed by atoms with E-state index in [-0.39, 0.29) is 11.4 Å². The highest BCUT2D eigenvalue weighted by molar-refractivity contribution is 9.10. The molecule has 168 valence electrons. The average molecular weight is 525 g/mol. The first-order chi connectivity index (χ1) is 15.7. The maximum absolute atomic E-state index is 12.8. The quantitative estimate of drug-likeness (QED) is 0.395. The predicted molar refractivity (Wildman–Crippen MR) is 134 cm³/mol. The molecule has 2 aromatic carbocycles. The van der Waals surface area contributed by atoms with Crippen molar-refractivity contribution in [1.82, 2.24) is 4.90 Å². The summed E-state index contributed by atoms with van der Waals surface area (Å²) in [6, 6.07) is 15.1. The lowest BCUT2D eigenvalue weighted by atomic mass is 10.1. The van der Waals surface area contributed by atoms with Crippen molar-refractivity contribution in [3.63, 3.8) is 0 Å². The van der Waals surface area contributed by atoms with Gasteiger partial charge in [0.2, 0.25) is 5.91 Å². The second-order valence-corrected chi connectivity index (χ2v) is 9.71. The van der Waals surface area contributed by atoms with E-state index in [0.717, 1.165) is 43.4 Å². The van der Waals surface area contributed by atoms with Crippen molar-refractivity contribution in [3.05, 3.63) is 80.4 Å². The zero-order valence-corrected chi connectivity index (χ0v) is 20.7. The lowest BCUT2D eigenvalue weighted by molar-refractivity contribution is -0.127. The summed E-state index contributed by atoms with van der Waals surface area (Å²) >= 11 is 4.19. The highest BCUT2D eigenvalue weighted by Gasteiger charge is 2.36. The van der Waals surface area contributed by atoms with E-state index in [9.17, 15) is 14.4 Å². The van der Waals surface area contributed by atoms with Crippen LogP contribution in [0.1, 0.15) is 22.5 Å². The summed E-state index contributed by atoms with van der Waals surface area (Å²) in [5, 5.41) is 2.34. The van der Waals surface area contributed by atoms with Crippen LogP contribution >= 0.6 is 27.7 Å². The van der Waals surface area contributed by atoms with Crippen molar-refractivity contribution in [3.8, 4) is 11.3 Å². The summed E-state index contributed by atoms with van der Waals surface area (Å²) < 4.78 is 6.78. The van der Waals surface area contributed by atoms with Gasteiger partial charge in [0.25, 0.3) is 11.1 Å². The van der Waals surface area contributed by atoms with Crippen LogP contribution < -0.4 is 5.32 Å². The Labute approximate surface area is 204 Å². The number of hydrogen-bond donors (Lipinski definition) is 1. The molecule has 4 rings (SSSR count). The zero-order valence-electron chi connectivity index (χ0n) is 18.3. The normalized spacial score (nSPS) is 14.9. The van der Waals surface area contributed by atoms with Gasteiger partial charge >= 0.3 is 0 Å². The minimum Gasteiger partial charge on any atom is -0.457 e. The average Bonchev–Trinajstić information content (AvgIpc) is 3.32. The molecule has 0 bridgehead atoms. The van der Waals surface area contributed by atoms with Gasteiger partial charge in [0, 0.05) is 21.8 Å². The Hall–Kier alpha value is -3.10. The van der Waals surface area contributed by atoms with Gasteiger partial charge in [-0.2, -0.15) is 0 Å². The van der Waals surface area contributed by atoms with E-state index < -0.39 is 17.1 Å². The number of carbonyl (C=O) groups excluding carboxylic acids is 3. The number of hydrogen-bond acceptors (Lipinski definition) is 5. The number of anilines is 1. The van der Waals surface area contributed by atoms with E-state index in [0.29, 0.717) is 17.2 Å². The first kappa shape index (κ1) is 23.1. The van der Waals surface area contributed by atoms with Crippen LogP contribution in [-0.2, 0) is 9.59 Å². The van der Waals surface area contributed by atoms with Crippen LogP contribution in [0.2, 0.25) is 0 Å². The molecule has 0 saturated carbocycles. The SMILES string of the molecule is Cc1cc(C)c(NC(=O)CN2C(=O)S/C(=C/c3ccc(-c4ccc(Br)cc4)o3)C2=O)c(C)c1. The molecule has 3 amide bonds. The smallest absolute Gasteiger partial charge is 0.294 e. The van der Waals surface area contributed by atoms with E-state index in [1.54, 1.807) is 12.1 Å². The highest BCUT2D eigenvalue weighted by Crippen LogP contribution is 2.33. The number of halogens is 1. The highest BCUT2D eigenvalue weighted by atomic mass is 79.9. The summed E-state index contributed by atoms with van der Waals surface area (Å²) in [6.45, 7) is 5.45. The van der Waals surface area contributed by atoms with E-state index in [4.69, 9.17) is 4.42 Å². The number of nitrogens with one attached hydrogen (secondary N) is 1. The van der Waals surface area contributed by atoms with Crippen LogP contribution in [0.5, 0.6) is 0 Å². The Balaban J connectivity index is 1.46. The maximum atomic E-state index is 12.8. The third-order valence-electron chi connectivity index (χ3n) is 5.15. The second kappa shape index (κ2) is 9.41. The molecule has 3 aromatic rings. The molecule has 0 aliphatic carbocycles. The molecule has 6 nitrogen and oxygen atoms in total. The fourth-order valence-electron chi connectivity index (χ4n) is 3.66. The molecule has 33 heavy (non-hydrogen) atoms. The van der Waals surface area contributed by atoms with Gasteiger partial charge in [-0.3, -0.25) is 19.3 Å². The van der Waals surface area contributed by atoms with Gasteiger partial charge in [0.15, 0.2) is 0 Å². The van der Waals surface area contributed by atoms with Crippen molar-refractivity contribution in [2.45, 2.75) is 20.8 Å².